The van der Waals surface area contributed by atoms with Gasteiger partial charge in [-0.1, -0.05) is 57.9 Å². The molecule has 5 heteroatoms. The molecule has 0 spiro atoms. The first kappa shape index (κ1) is 16.8. The van der Waals surface area contributed by atoms with Crippen LogP contribution in [0.25, 0.3) is 0 Å². The van der Waals surface area contributed by atoms with E-state index in [0.29, 0.717) is 17.3 Å². The zero-order valence-electron chi connectivity index (χ0n) is 12.3. The van der Waals surface area contributed by atoms with Gasteiger partial charge >= 0.3 is 0 Å². The van der Waals surface area contributed by atoms with E-state index in [-0.39, 0.29) is 12.5 Å². The lowest BCUT2D eigenvalue weighted by Gasteiger charge is -2.17. The molecule has 0 unspecified atom stereocenters. The second kappa shape index (κ2) is 8.20. The van der Waals surface area contributed by atoms with E-state index >= 15 is 0 Å². The third-order valence-corrected chi connectivity index (χ3v) is 4.04. The average Bonchev–Trinajstić information content (AvgIpc) is 2.52. The molecule has 0 heterocycles. The van der Waals surface area contributed by atoms with Crippen LogP contribution >= 0.6 is 27.5 Å². The SMILES string of the molecule is CN(CCc1ccccc1)C(=O)COc1ccc(Br)cc1Cl. The summed E-state index contributed by atoms with van der Waals surface area (Å²) in [5, 5.41) is 0.481. The molecule has 0 N–H and O–H groups in total. The number of amides is 1. The van der Waals surface area contributed by atoms with Crippen molar-refractivity contribution in [2.75, 3.05) is 20.2 Å². The number of nitrogens with zero attached hydrogens (tertiary/aromatic N) is 1. The summed E-state index contributed by atoms with van der Waals surface area (Å²) >= 11 is 9.38. The summed E-state index contributed by atoms with van der Waals surface area (Å²) in [6.45, 7) is 0.632. The number of carbonyl (C=O) groups excluding carboxylic acids is 1. The molecule has 0 atom stereocenters. The van der Waals surface area contributed by atoms with Crippen molar-refractivity contribution >= 4 is 33.4 Å². The zero-order valence-corrected chi connectivity index (χ0v) is 14.6. The van der Waals surface area contributed by atoms with Crippen molar-refractivity contribution in [3.8, 4) is 5.75 Å². The van der Waals surface area contributed by atoms with Crippen LogP contribution in [0.3, 0.4) is 0 Å². The number of hydrogen-bond donors (Lipinski definition) is 0. The number of likely N-dealkylation sites (N-methyl/N-ethyl adjacent to an activating group) is 1. The van der Waals surface area contributed by atoms with E-state index < -0.39 is 0 Å². The Hall–Kier alpha value is -1.52. The molecule has 116 valence electrons. The van der Waals surface area contributed by atoms with E-state index in [4.69, 9.17) is 16.3 Å². The number of benzene rings is 2. The van der Waals surface area contributed by atoms with Gasteiger partial charge in [0.25, 0.3) is 5.91 Å². The molecule has 0 saturated heterocycles. The molecule has 2 rings (SSSR count). The van der Waals surface area contributed by atoms with Crippen LogP contribution in [0, 0.1) is 0 Å². The Kier molecular flexibility index (Phi) is 6.28. The van der Waals surface area contributed by atoms with Crippen molar-refractivity contribution in [1.29, 1.82) is 0 Å². The van der Waals surface area contributed by atoms with Gasteiger partial charge < -0.3 is 9.64 Å². The van der Waals surface area contributed by atoms with E-state index in [9.17, 15) is 4.79 Å². The average molecular weight is 383 g/mol. The monoisotopic (exact) mass is 381 g/mol. The standard InChI is InChI=1S/C17H17BrClNO2/c1-20(10-9-13-5-3-2-4-6-13)17(21)12-22-16-8-7-14(18)11-15(16)19/h2-8,11H,9-10,12H2,1H3. The highest BCUT2D eigenvalue weighted by Gasteiger charge is 2.11. The molecule has 0 radical (unpaired) electrons. The minimum Gasteiger partial charge on any atom is -0.482 e. The van der Waals surface area contributed by atoms with Gasteiger partial charge in [-0.05, 0) is 30.2 Å². The second-order valence-corrected chi connectivity index (χ2v) is 6.24. The molecule has 0 bridgehead atoms. The Labute approximate surface area is 144 Å². The smallest absolute Gasteiger partial charge is 0.260 e. The van der Waals surface area contributed by atoms with E-state index in [0.717, 1.165) is 10.9 Å². The highest BCUT2D eigenvalue weighted by atomic mass is 79.9. The second-order valence-electron chi connectivity index (χ2n) is 4.91. The van der Waals surface area contributed by atoms with Crippen LogP contribution in [0.15, 0.2) is 53.0 Å². The molecule has 1 amide bonds. The highest BCUT2D eigenvalue weighted by Crippen LogP contribution is 2.27. The van der Waals surface area contributed by atoms with Crippen LogP contribution in [0.2, 0.25) is 5.02 Å². The molecular formula is C17H17BrClNO2. The topological polar surface area (TPSA) is 29.5 Å². The van der Waals surface area contributed by atoms with E-state index in [1.165, 1.54) is 5.56 Å². The summed E-state index contributed by atoms with van der Waals surface area (Å²) in [6.07, 6.45) is 0.822. The van der Waals surface area contributed by atoms with Gasteiger partial charge in [-0.2, -0.15) is 0 Å². The summed E-state index contributed by atoms with van der Waals surface area (Å²) in [4.78, 5) is 13.7. The minimum absolute atomic E-state index is 0.0212. The molecule has 3 nitrogen and oxygen atoms in total. The first-order valence-electron chi connectivity index (χ1n) is 6.92. The summed E-state index contributed by atoms with van der Waals surface area (Å²) in [6, 6.07) is 15.4. The maximum Gasteiger partial charge on any atom is 0.260 e. The molecule has 0 saturated carbocycles. The Morgan fingerprint density at radius 1 is 1.23 bits per heavy atom. The number of carbonyl (C=O) groups is 1. The number of ether oxygens (including phenoxy) is 1. The van der Waals surface area contributed by atoms with Crippen molar-refractivity contribution in [3.05, 3.63) is 63.6 Å². The Balaban J connectivity index is 1.81. The van der Waals surface area contributed by atoms with Crippen LogP contribution in [-0.2, 0) is 11.2 Å². The minimum atomic E-state index is -0.0742. The quantitative estimate of drug-likeness (QED) is 0.750. The number of hydrogen-bond acceptors (Lipinski definition) is 2. The van der Waals surface area contributed by atoms with Gasteiger partial charge in [0.1, 0.15) is 5.75 Å². The van der Waals surface area contributed by atoms with Gasteiger partial charge in [0.2, 0.25) is 0 Å². The molecule has 0 aliphatic carbocycles. The van der Waals surface area contributed by atoms with Gasteiger partial charge in [-0.15, -0.1) is 0 Å². The molecule has 0 aliphatic heterocycles. The van der Waals surface area contributed by atoms with Gasteiger partial charge in [-0.25, -0.2) is 0 Å². The predicted molar refractivity (Wildman–Crippen MR) is 92.4 cm³/mol. The lowest BCUT2D eigenvalue weighted by Crippen LogP contribution is -2.33. The lowest BCUT2D eigenvalue weighted by molar-refractivity contribution is -0.132. The Morgan fingerprint density at radius 3 is 2.64 bits per heavy atom. The van der Waals surface area contributed by atoms with Gasteiger partial charge in [-0.3, -0.25) is 4.79 Å². The number of rotatable bonds is 6. The van der Waals surface area contributed by atoms with E-state index in [1.54, 1.807) is 24.1 Å². The van der Waals surface area contributed by atoms with Crippen LogP contribution in [-0.4, -0.2) is 31.0 Å². The normalized spacial score (nSPS) is 10.3. The van der Waals surface area contributed by atoms with E-state index in [2.05, 4.69) is 28.1 Å². The molecular weight excluding hydrogens is 366 g/mol. The summed E-state index contributed by atoms with van der Waals surface area (Å²) in [5.41, 5.74) is 1.21. The molecule has 0 fully saturated rings. The maximum atomic E-state index is 12.1. The fourth-order valence-corrected chi connectivity index (χ4v) is 2.64. The van der Waals surface area contributed by atoms with Crippen LogP contribution in [0.4, 0.5) is 0 Å². The van der Waals surface area contributed by atoms with Crippen molar-refractivity contribution < 1.29 is 9.53 Å². The third kappa shape index (κ3) is 5.04. The molecule has 0 aliphatic rings. The summed E-state index contributed by atoms with van der Waals surface area (Å²) in [7, 11) is 1.78. The van der Waals surface area contributed by atoms with Crippen LogP contribution < -0.4 is 4.74 Å². The van der Waals surface area contributed by atoms with Crippen molar-refractivity contribution in [3.63, 3.8) is 0 Å². The summed E-state index contributed by atoms with van der Waals surface area (Å²) < 4.78 is 6.35. The predicted octanol–water partition coefficient (Wildman–Crippen LogP) is 4.18. The Bertz CT molecular complexity index is 634. The summed E-state index contributed by atoms with van der Waals surface area (Å²) in [5.74, 6) is 0.435. The molecule has 0 aromatic heterocycles. The first-order valence-corrected chi connectivity index (χ1v) is 8.09. The van der Waals surface area contributed by atoms with Crippen molar-refractivity contribution in [2.45, 2.75) is 6.42 Å². The molecule has 2 aromatic rings. The largest absolute Gasteiger partial charge is 0.482 e. The lowest BCUT2D eigenvalue weighted by atomic mass is 10.1. The molecule has 22 heavy (non-hydrogen) atoms. The maximum absolute atomic E-state index is 12.1. The van der Waals surface area contributed by atoms with Gasteiger partial charge in [0, 0.05) is 18.1 Å². The van der Waals surface area contributed by atoms with Gasteiger partial charge in [0.05, 0.1) is 5.02 Å². The Morgan fingerprint density at radius 2 is 1.95 bits per heavy atom. The molecule has 2 aromatic carbocycles. The van der Waals surface area contributed by atoms with Crippen LogP contribution in [0.1, 0.15) is 5.56 Å². The van der Waals surface area contributed by atoms with Crippen molar-refractivity contribution in [1.82, 2.24) is 4.90 Å². The van der Waals surface area contributed by atoms with Crippen molar-refractivity contribution in [2.24, 2.45) is 0 Å². The fourth-order valence-electron chi connectivity index (χ4n) is 1.91. The number of halogens is 2. The third-order valence-electron chi connectivity index (χ3n) is 3.25. The zero-order chi connectivity index (χ0) is 15.9. The van der Waals surface area contributed by atoms with Gasteiger partial charge in [0.15, 0.2) is 6.61 Å². The highest BCUT2D eigenvalue weighted by molar-refractivity contribution is 9.10. The first-order chi connectivity index (χ1) is 10.6. The van der Waals surface area contributed by atoms with Crippen LogP contribution in [0.5, 0.6) is 5.75 Å². The van der Waals surface area contributed by atoms with E-state index in [1.807, 2.05) is 24.3 Å². The fraction of sp³-hybridized carbons (Fsp3) is 0.235.